The number of phosphoric ester groups is 1. The van der Waals surface area contributed by atoms with Crippen LogP contribution in [-0.2, 0) is 23.1 Å². The lowest BCUT2D eigenvalue weighted by Crippen LogP contribution is -2.37. The van der Waals surface area contributed by atoms with E-state index in [-0.39, 0.29) is 19.6 Å². The number of aliphatic hydroxyl groups excluding tert-OH is 1. The van der Waals surface area contributed by atoms with E-state index in [1.54, 1.807) is 0 Å². The van der Waals surface area contributed by atoms with E-state index in [0.29, 0.717) is 17.4 Å². The van der Waals surface area contributed by atoms with Gasteiger partial charge in [0.2, 0.25) is 0 Å². The van der Waals surface area contributed by atoms with Crippen molar-refractivity contribution < 1.29 is 37.6 Å². The first-order valence-electron chi connectivity index (χ1n) is 12.4. The zero-order valence-electron chi connectivity index (χ0n) is 22.0. The minimum atomic E-state index is -4.25. The van der Waals surface area contributed by atoms with Gasteiger partial charge < -0.3 is 19.2 Å². The van der Waals surface area contributed by atoms with Crippen molar-refractivity contribution in [2.24, 2.45) is 0 Å². The van der Waals surface area contributed by atoms with Gasteiger partial charge in [0.25, 0.3) is 0 Å². The Morgan fingerprint density at radius 3 is 2.03 bits per heavy atom. The van der Waals surface area contributed by atoms with Gasteiger partial charge in [0.15, 0.2) is 0 Å². The van der Waals surface area contributed by atoms with E-state index in [0.717, 1.165) is 38.5 Å². The summed E-state index contributed by atoms with van der Waals surface area (Å²) in [6.45, 7) is 1.94. The zero-order valence-corrected chi connectivity index (χ0v) is 22.9. The summed E-state index contributed by atoms with van der Waals surface area (Å²) in [6, 6.07) is 0. The van der Waals surface area contributed by atoms with Gasteiger partial charge >= 0.3 is 13.8 Å². The van der Waals surface area contributed by atoms with Gasteiger partial charge in [0.05, 0.1) is 27.7 Å². The largest absolute Gasteiger partial charge is 0.472 e. The van der Waals surface area contributed by atoms with Gasteiger partial charge in [0, 0.05) is 6.42 Å². The molecule has 0 saturated heterocycles. The summed E-state index contributed by atoms with van der Waals surface area (Å²) < 4.78 is 27.0. The van der Waals surface area contributed by atoms with Crippen LogP contribution in [0.4, 0.5) is 0 Å². The normalized spacial score (nSPS) is 15.5. The molecule has 0 bridgehead atoms. The summed E-state index contributed by atoms with van der Waals surface area (Å²) in [4.78, 5) is 21.4. The van der Waals surface area contributed by atoms with Gasteiger partial charge in [-0.2, -0.15) is 0 Å². The number of carbonyl (C=O) groups is 1. The molecule has 0 spiro atoms. The molecule has 0 aliphatic rings. The monoisotopic (exact) mass is 516 g/mol. The number of esters is 1. The Balaban J connectivity index is 3.75. The van der Waals surface area contributed by atoms with Crippen LogP contribution in [0.25, 0.3) is 0 Å². The maximum absolute atomic E-state index is 11.8. The molecule has 2 unspecified atom stereocenters. The maximum Gasteiger partial charge on any atom is 0.472 e. The third-order valence-electron chi connectivity index (χ3n) is 4.60. The van der Waals surface area contributed by atoms with Gasteiger partial charge in [0.1, 0.15) is 25.9 Å². The van der Waals surface area contributed by atoms with Crippen LogP contribution in [0.5, 0.6) is 0 Å². The van der Waals surface area contributed by atoms with Crippen LogP contribution < -0.4 is 0 Å². The molecule has 0 aromatic carbocycles. The van der Waals surface area contributed by atoms with Gasteiger partial charge in [-0.3, -0.25) is 13.8 Å². The molecule has 0 radical (unpaired) electrons. The molecule has 0 heterocycles. The molecular formula is C26H47NO7P+. The fraction of sp³-hybridized carbons (Fsp3) is 0.654. The molecule has 8 nitrogen and oxygen atoms in total. The number of hydrogen-bond acceptors (Lipinski definition) is 6. The van der Waals surface area contributed by atoms with Crippen LogP contribution in [-0.4, -0.2) is 74.1 Å². The van der Waals surface area contributed by atoms with Crippen molar-refractivity contribution in [3.05, 3.63) is 48.6 Å². The first-order valence-corrected chi connectivity index (χ1v) is 13.9. The molecule has 0 rings (SSSR count). The Bertz CT molecular complexity index is 711. The highest BCUT2D eigenvalue weighted by Crippen LogP contribution is 2.43. The number of ether oxygens (including phenoxy) is 1. The predicted molar refractivity (Wildman–Crippen MR) is 141 cm³/mol. The Morgan fingerprint density at radius 1 is 0.886 bits per heavy atom. The summed E-state index contributed by atoms with van der Waals surface area (Å²) in [6.07, 6.45) is 22.6. The van der Waals surface area contributed by atoms with Crippen molar-refractivity contribution in [1.29, 1.82) is 0 Å². The second kappa shape index (κ2) is 20.6. The standard InChI is InChI=1S/C26H46NO7P/c1-5-6-7-8-9-10-11-12-13-14-15-16-17-18-19-20-26(29)32-23-25(28)24-34-35(30,31)33-22-21-27(2,3)4/h6-7,9-10,12-13,15-16,25,28H,5,8,11,14,17-24H2,1-4H3/p+1/b7-6-,10-9-,13-12-,16-15-. The van der Waals surface area contributed by atoms with E-state index in [1.165, 1.54) is 0 Å². The van der Waals surface area contributed by atoms with E-state index < -0.39 is 26.5 Å². The van der Waals surface area contributed by atoms with Crippen LogP contribution >= 0.6 is 7.82 Å². The summed E-state index contributed by atoms with van der Waals surface area (Å²) in [5, 5.41) is 9.81. The predicted octanol–water partition coefficient (Wildman–Crippen LogP) is 5.10. The molecule has 0 amide bonds. The Labute approximate surface area is 212 Å². The topological polar surface area (TPSA) is 102 Å². The maximum atomic E-state index is 11.8. The molecule has 0 fully saturated rings. The Hall–Kier alpha value is -1.54. The Kier molecular flexibility index (Phi) is 19.7. The first-order chi connectivity index (χ1) is 16.6. The number of unbranched alkanes of at least 4 members (excludes halogenated alkanes) is 2. The summed E-state index contributed by atoms with van der Waals surface area (Å²) in [5.74, 6) is -0.416. The van der Waals surface area contributed by atoms with Gasteiger partial charge in [-0.15, -0.1) is 0 Å². The zero-order chi connectivity index (χ0) is 26.4. The van der Waals surface area contributed by atoms with Crippen LogP contribution in [0, 0.1) is 0 Å². The second-order valence-corrected chi connectivity index (χ2v) is 10.6. The summed E-state index contributed by atoms with van der Waals surface area (Å²) >= 11 is 0. The first kappa shape index (κ1) is 33.5. The number of nitrogens with zero attached hydrogens (tertiary/aromatic N) is 1. The lowest BCUT2D eigenvalue weighted by molar-refractivity contribution is -0.870. The van der Waals surface area contributed by atoms with E-state index in [9.17, 15) is 19.4 Å². The number of rotatable bonds is 21. The SMILES string of the molecule is CC/C=C\C/C=C\C/C=C\C/C=C\CCCCC(=O)OCC(O)COP(=O)(O)OCC[N+](C)(C)C. The second-order valence-electron chi connectivity index (χ2n) is 9.20. The van der Waals surface area contributed by atoms with Gasteiger partial charge in [-0.05, 0) is 44.9 Å². The molecule has 0 saturated carbocycles. The molecular weight excluding hydrogens is 469 g/mol. The minimum Gasteiger partial charge on any atom is -0.463 e. The highest BCUT2D eigenvalue weighted by atomic mass is 31.2. The molecule has 2 atom stereocenters. The average Bonchev–Trinajstić information content (AvgIpc) is 2.78. The van der Waals surface area contributed by atoms with Gasteiger partial charge in [-0.25, -0.2) is 4.57 Å². The quantitative estimate of drug-likeness (QED) is 0.0720. The van der Waals surface area contributed by atoms with E-state index in [2.05, 4.69) is 55.5 Å². The van der Waals surface area contributed by atoms with E-state index in [1.807, 2.05) is 21.1 Å². The van der Waals surface area contributed by atoms with Crippen molar-refractivity contribution in [3.8, 4) is 0 Å². The van der Waals surface area contributed by atoms with Crippen LogP contribution in [0.2, 0.25) is 0 Å². The molecule has 0 aliphatic heterocycles. The number of phosphoric acid groups is 1. The number of allylic oxidation sites excluding steroid dienone is 8. The van der Waals surface area contributed by atoms with Crippen molar-refractivity contribution >= 4 is 13.8 Å². The summed E-state index contributed by atoms with van der Waals surface area (Å²) in [7, 11) is 1.52. The summed E-state index contributed by atoms with van der Waals surface area (Å²) in [5.41, 5.74) is 0. The number of carbonyl (C=O) groups excluding carboxylic acids is 1. The number of quaternary nitrogens is 1. The van der Waals surface area contributed by atoms with Crippen LogP contribution in [0.15, 0.2) is 48.6 Å². The van der Waals surface area contributed by atoms with Crippen LogP contribution in [0.1, 0.15) is 58.3 Å². The molecule has 35 heavy (non-hydrogen) atoms. The smallest absolute Gasteiger partial charge is 0.463 e. The fourth-order valence-electron chi connectivity index (χ4n) is 2.59. The molecule has 202 valence electrons. The number of hydrogen-bond donors (Lipinski definition) is 2. The molecule has 0 aliphatic carbocycles. The molecule has 0 aromatic heterocycles. The average molecular weight is 517 g/mol. The lowest BCUT2D eigenvalue weighted by atomic mass is 10.2. The minimum absolute atomic E-state index is 0.0449. The van der Waals surface area contributed by atoms with E-state index in [4.69, 9.17) is 13.8 Å². The number of aliphatic hydroxyl groups is 1. The number of likely N-dealkylation sites (N-methyl/N-ethyl adjacent to an activating group) is 1. The van der Waals surface area contributed by atoms with Crippen molar-refractivity contribution in [3.63, 3.8) is 0 Å². The highest BCUT2D eigenvalue weighted by molar-refractivity contribution is 7.47. The lowest BCUT2D eigenvalue weighted by Gasteiger charge is -2.24. The molecule has 9 heteroatoms. The molecule has 0 aromatic rings. The van der Waals surface area contributed by atoms with Crippen molar-refractivity contribution in [1.82, 2.24) is 0 Å². The van der Waals surface area contributed by atoms with Crippen molar-refractivity contribution in [2.45, 2.75) is 64.4 Å². The Morgan fingerprint density at radius 2 is 1.46 bits per heavy atom. The molecule has 2 N–H and O–H groups in total. The van der Waals surface area contributed by atoms with Crippen molar-refractivity contribution in [2.75, 3.05) is 47.5 Å². The fourth-order valence-corrected chi connectivity index (χ4v) is 3.33. The van der Waals surface area contributed by atoms with E-state index >= 15 is 0 Å². The van der Waals surface area contributed by atoms with Crippen LogP contribution in [0.3, 0.4) is 0 Å². The third kappa shape index (κ3) is 25.4. The highest BCUT2D eigenvalue weighted by Gasteiger charge is 2.24. The third-order valence-corrected chi connectivity index (χ3v) is 5.59. The van der Waals surface area contributed by atoms with Gasteiger partial charge in [-0.1, -0.05) is 55.5 Å².